The second kappa shape index (κ2) is 8.71. The topological polar surface area (TPSA) is 155 Å². The van der Waals surface area contributed by atoms with Gasteiger partial charge in [-0.05, 0) is 26.7 Å². The van der Waals surface area contributed by atoms with E-state index in [1.165, 1.54) is 17.8 Å². The van der Waals surface area contributed by atoms with E-state index >= 15 is 0 Å². The Morgan fingerprint density at radius 1 is 1.31 bits per heavy atom. The lowest BCUT2D eigenvalue weighted by atomic mass is 10.1. The molecule has 1 aliphatic heterocycles. The molecular formula is C18H24N6O5. The zero-order valence-corrected chi connectivity index (χ0v) is 16.3. The molecule has 11 nitrogen and oxygen atoms in total. The first kappa shape index (κ1) is 20.9. The van der Waals surface area contributed by atoms with Crippen molar-refractivity contribution in [1.82, 2.24) is 24.8 Å². The van der Waals surface area contributed by atoms with E-state index in [1.807, 2.05) is 6.92 Å². The number of carbonyl (C=O) groups excluding carboxylic acids is 1. The average Bonchev–Trinajstić information content (AvgIpc) is 3.22. The lowest BCUT2D eigenvalue weighted by Crippen LogP contribution is -2.42. The molecule has 5 N–H and O–H groups in total. The number of nitrogens with zero attached hydrogens (tertiary/aromatic N) is 4. The van der Waals surface area contributed by atoms with Gasteiger partial charge in [0.25, 0.3) is 5.91 Å². The molecule has 1 amide bonds. The Morgan fingerprint density at radius 3 is 2.72 bits per heavy atom. The van der Waals surface area contributed by atoms with E-state index in [0.717, 1.165) is 0 Å². The van der Waals surface area contributed by atoms with E-state index in [4.69, 9.17) is 4.74 Å². The molecule has 1 saturated heterocycles. The molecule has 1 aliphatic rings. The Labute approximate surface area is 167 Å². The van der Waals surface area contributed by atoms with Crippen LogP contribution in [0.2, 0.25) is 0 Å². The summed E-state index contributed by atoms with van der Waals surface area (Å²) in [5, 5.41) is 35.8. The van der Waals surface area contributed by atoms with E-state index < -0.39 is 36.6 Å². The summed E-state index contributed by atoms with van der Waals surface area (Å²) in [6.45, 7) is 6.09. The highest BCUT2D eigenvalue weighted by Gasteiger charge is 2.47. The highest BCUT2D eigenvalue weighted by atomic mass is 16.6. The zero-order chi connectivity index (χ0) is 21.1. The summed E-state index contributed by atoms with van der Waals surface area (Å²) in [6, 6.07) is 0. The van der Waals surface area contributed by atoms with Crippen molar-refractivity contribution in [3.63, 3.8) is 0 Å². The van der Waals surface area contributed by atoms with Gasteiger partial charge in [0.05, 0.1) is 6.33 Å². The first-order valence-electron chi connectivity index (χ1n) is 9.34. The molecule has 2 aromatic rings. The quantitative estimate of drug-likeness (QED) is 0.384. The number of ether oxygens (including phenoxy) is 1. The molecule has 3 heterocycles. The van der Waals surface area contributed by atoms with Crippen molar-refractivity contribution in [3.8, 4) is 11.8 Å². The molecule has 0 radical (unpaired) electrons. The number of aromatic nitrogens is 4. The van der Waals surface area contributed by atoms with E-state index in [9.17, 15) is 20.1 Å². The van der Waals surface area contributed by atoms with Crippen LogP contribution in [-0.4, -0.2) is 78.3 Å². The first-order valence-corrected chi connectivity index (χ1v) is 9.34. The maximum absolute atomic E-state index is 12.1. The van der Waals surface area contributed by atoms with Crippen LogP contribution in [0, 0.1) is 11.8 Å². The minimum atomic E-state index is -1.41. The Bertz CT molecular complexity index is 949. The number of fused-ring (bicyclic) bond motifs is 1. The SMILES string of the molecule is CCNC(=O)[C@H]1O[C@@H](n2cnc3c(NCC)nc(C#C[C@@H](C)O)nc32)[C@H](O)[C@@H]1O. The number of carbonyl (C=O) groups is 1. The van der Waals surface area contributed by atoms with Gasteiger partial charge in [-0.15, -0.1) is 0 Å². The fourth-order valence-corrected chi connectivity index (χ4v) is 3.00. The number of likely N-dealkylation sites (N-methyl/N-ethyl adjacent to an activating group) is 1. The number of hydrogen-bond acceptors (Lipinski definition) is 9. The minimum Gasteiger partial charge on any atom is -0.387 e. The van der Waals surface area contributed by atoms with Gasteiger partial charge in [-0.2, -0.15) is 0 Å². The van der Waals surface area contributed by atoms with Crippen LogP contribution in [0.5, 0.6) is 0 Å². The summed E-state index contributed by atoms with van der Waals surface area (Å²) >= 11 is 0. The third-order valence-corrected chi connectivity index (χ3v) is 4.28. The smallest absolute Gasteiger partial charge is 0.252 e. The minimum absolute atomic E-state index is 0.143. The van der Waals surface area contributed by atoms with E-state index in [-0.39, 0.29) is 5.82 Å². The molecule has 0 unspecified atom stereocenters. The van der Waals surface area contributed by atoms with Crippen molar-refractivity contribution in [1.29, 1.82) is 0 Å². The number of rotatable bonds is 5. The lowest BCUT2D eigenvalue weighted by molar-refractivity contribution is -0.137. The molecule has 0 spiro atoms. The molecule has 3 rings (SSSR count). The third kappa shape index (κ3) is 4.15. The number of amides is 1. The maximum atomic E-state index is 12.1. The van der Waals surface area contributed by atoms with Gasteiger partial charge >= 0.3 is 0 Å². The standard InChI is InChI=1S/C18H24N6O5/c1-4-19-15-11-16(23-10(22-15)7-6-9(3)25)24(8-21-11)18-13(27)12(26)14(29-18)17(28)20-5-2/h8-9,12-14,18,25-27H,4-5H2,1-3H3,(H,20,28)(H,19,22,23)/t9-,12+,13-,14+,18-/m1/s1. The van der Waals surface area contributed by atoms with Crippen molar-refractivity contribution in [3.05, 3.63) is 12.2 Å². The molecule has 0 aromatic carbocycles. The van der Waals surface area contributed by atoms with Gasteiger partial charge in [-0.25, -0.2) is 15.0 Å². The van der Waals surface area contributed by atoms with Gasteiger partial charge in [-0.3, -0.25) is 9.36 Å². The van der Waals surface area contributed by atoms with Crippen LogP contribution in [0.1, 0.15) is 32.8 Å². The number of aliphatic hydroxyl groups is 3. The van der Waals surface area contributed by atoms with Gasteiger partial charge < -0.3 is 30.7 Å². The molecule has 0 saturated carbocycles. The molecule has 0 aliphatic carbocycles. The molecule has 29 heavy (non-hydrogen) atoms. The number of anilines is 1. The summed E-state index contributed by atoms with van der Waals surface area (Å²) in [5.41, 5.74) is 0.722. The van der Waals surface area contributed by atoms with Crippen LogP contribution in [0.25, 0.3) is 11.2 Å². The molecule has 156 valence electrons. The average molecular weight is 404 g/mol. The second-order valence-corrected chi connectivity index (χ2v) is 6.52. The van der Waals surface area contributed by atoms with Crippen molar-refractivity contribution in [2.45, 2.75) is 51.4 Å². The van der Waals surface area contributed by atoms with E-state index in [2.05, 4.69) is 37.4 Å². The van der Waals surface area contributed by atoms with Crippen molar-refractivity contribution < 1.29 is 24.9 Å². The molecular weight excluding hydrogens is 380 g/mol. The monoisotopic (exact) mass is 404 g/mol. The number of aliphatic hydroxyl groups excluding tert-OH is 3. The van der Waals surface area contributed by atoms with Crippen LogP contribution < -0.4 is 10.6 Å². The summed E-state index contributed by atoms with van der Waals surface area (Å²) < 4.78 is 7.07. The molecule has 2 aromatic heterocycles. The predicted octanol–water partition coefficient (Wildman–Crippen LogP) is -1.25. The summed E-state index contributed by atoms with van der Waals surface area (Å²) in [5.74, 6) is 5.32. The molecule has 11 heteroatoms. The molecule has 5 atom stereocenters. The maximum Gasteiger partial charge on any atom is 0.252 e. The van der Waals surface area contributed by atoms with Crippen molar-refractivity contribution in [2.24, 2.45) is 0 Å². The summed E-state index contributed by atoms with van der Waals surface area (Å²) in [6.07, 6.45) is -4.54. The van der Waals surface area contributed by atoms with Gasteiger partial charge in [0, 0.05) is 13.1 Å². The first-order chi connectivity index (χ1) is 13.9. The molecule has 1 fully saturated rings. The van der Waals surface area contributed by atoms with E-state index in [0.29, 0.717) is 30.1 Å². The Kier molecular flexibility index (Phi) is 6.29. The van der Waals surface area contributed by atoms with Crippen LogP contribution in [0.4, 0.5) is 5.82 Å². The second-order valence-electron chi connectivity index (χ2n) is 6.52. The lowest BCUT2D eigenvalue weighted by Gasteiger charge is -2.16. The van der Waals surface area contributed by atoms with Crippen LogP contribution >= 0.6 is 0 Å². The fourth-order valence-electron chi connectivity index (χ4n) is 3.00. The van der Waals surface area contributed by atoms with E-state index in [1.54, 1.807) is 6.92 Å². The Morgan fingerprint density at radius 2 is 2.07 bits per heavy atom. The predicted molar refractivity (Wildman–Crippen MR) is 103 cm³/mol. The summed E-state index contributed by atoms with van der Waals surface area (Å²) in [7, 11) is 0. The van der Waals surface area contributed by atoms with Crippen molar-refractivity contribution >= 4 is 22.9 Å². The number of nitrogens with one attached hydrogen (secondary N) is 2. The van der Waals surface area contributed by atoms with Crippen LogP contribution in [0.3, 0.4) is 0 Å². The van der Waals surface area contributed by atoms with Crippen LogP contribution in [0.15, 0.2) is 6.33 Å². The largest absolute Gasteiger partial charge is 0.387 e. The third-order valence-electron chi connectivity index (χ3n) is 4.28. The van der Waals surface area contributed by atoms with Crippen molar-refractivity contribution in [2.75, 3.05) is 18.4 Å². The van der Waals surface area contributed by atoms with Gasteiger partial charge in [0.2, 0.25) is 5.82 Å². The highest BCUT2D eigenvalue weighted by molar-refractivity contribution is 5.84. The number of imidazole rings is 1. The Hall–Kier alpha value is -2.78. The highest BCUT2D eigenvalue weighted by Crippen LogP contribution is 2.32. The zero-order valence-electron chi connectivity index (χ0n) is 16.3. The normalized spacial score (nSPS) is 24.8. The summed E-state index contributed by atoms with van der Waals surface area (Å²) in [4.78, 5) is 25.1. The van der Waals surface area contributed by atoms with Gasteiger partial charge in [0.1, 0.15) is 18.3 Å². The number of hydrogen-bond donors (Lipinski definition) is 5. The molecule has 0 bridgehead atoms. The fraction of sp³-hybridized carbons (Fsp3) is 0.556. The van der Waals surface area contributed by atoms with Gasteiger partial charge in [-0.1, -0.05) is 5.92 Å². The Balaban J connectivity index is 2.04. The van der Waals surface area contributed by atoms with Gasteiger partial charge in [0.15, 0.2) is 29.3 Å². The van der Waals surface area contributed by atoms with Crippen LogP contribution in [-0.2, 0) is 9.53 Å².